The van der Waals surface area contributed by atoms with Gasteiger partial charge in [0.2, 0.25) is 0 Å². The fourth-order valence-corrected chi connectivity index (χ4v) is 4.63. The number of esters is 2. The normalized spacial score (nSPS) is 10.8. The molecule has 13 heteroatoms. The van der Waals surface area contributed by atoms with Crippen LogP contribution in [0.15, 0.2) is 41.4 Å². The molecule has 0 atom stereocenters. The van der Waals surface area contributed by atoms with Crippen molar-refractivity contribution in [3.63, 3.8) is 0 Å². The van der Waals surface area contributed by atoms with Crippen LogP contribution in [0.5, 0.6) is 0 Å². The molecule has 10 nitrogen and oxygen atoms in total. The largest absolute Gasteiger partial charge is 0.462 e. The molecule has 0 spiro atoms. The van der Waals surface area contributed by atoms with Gasteiger partial charge in [-0.05, 0) is 44.2 Å². The Labute approximate surface area is 212 Å². The van der Waals surface area contributed by atoms with Crippen molar-refractivity contribution in [2.24, 2.45) is 4.99 Å². The topological polar surface area (TPSA) is 137 Å². The van der Waals surface area contributed by atoms with E-state index in [4.69, 9.17) is 21.1 Å². The van der Waals surface area contributed by atoms with E-state index in [1.165, 1.54) is 42.6 Å². The van der Waals surface area contributed by atoms with Gasteiger partial charge in [-0.3, -0.25) is 14.9 Å². The zero-order valence-corrected chi connectivity index (χ0v) is 20.8. The summed E-state index contributed by atoms with van der Waals surface area (Å²) in [6.07, 6.45) is 1.33. The molecule has 0 bridgehead atoms. The first-order valence-electron chi connectivity index (χ1n) is 10.1. The number of aliphatic imine (C=N–C) groups is 1. The molecule has 0 fully saturated rings. The Kier molecular flexibility index (Phi) is 8.68. The van der Waals surface area contributed by atoms with Gasteiger partial charge in [0.15, 0.2) is 0 Å². The van der Waals surface area contributed by atoms with Crippen LogP contribution in [0.3, 0.4) is 0 Å². The summed E-state index contributed by atoms with van der Waals surface area (Å²) >= 11 is 7.63. The van der Waals surface area contributed by atoms with Gasteiger partial charge in [0.25, 0.3) is 5.91 Å². The molecule has 0 aliphatic rings. The number of carbonyl (C=O) groups is 3. The van der Waals surface area contributed by atoms with Crippen molar-refractivity contribution in [1.29, 1.82) is 0 Å². The average Bonchev–Trinajstić information content (AvgIpc) is 3.43. The van der Waals surface area contributed by atoms with E-state index in [9.17, 15) is 24.5 Å². The Morgan fingerprint density at radius 1 is 1.03 bits per heavy atom. The van der Waals surface area contributed by atoms with Gasteiger partial charge in [-0.15, -0.1) is 0 Å². The molecule has 182 valence electrons. The van der Waals surface area contributed by atoms with Crippen molar-refractivity contribution in [3.8, 4) is 0 Å². The summed E-state index contributed by atoms with van der Waals surface area (Å²) in [7, 11) is 0. The van der Waals surface area contributed by atoms with Gasteiger partial charge >= 0.3 is 16.9 Å². The summed E-state index contributed by atoms with van der Waals surface area (Å²) in [6, 6.07) is 8.91. The molecule has 2 aromatic heterocycles. The van der Waals surface area contributed by atoms with Gasteiger partial charge in [0.1, 0.15) is 21.1 Å². The van der Waals surface area contributed by atoms with Gasteiger partial charge in [0, 0.05) is 22.9 Å². The first kappa shape index (κ1) is 26.0. The van der Waals surface area contributed by atoms with E-state index < -0.39 is 22.8 Å². The van der Waals surface area contributed by atoms with Crippen molar-refractivity contribution in [2.45, 2.75) is 13.8 Å². The first-order chi connectivity index (χ1) is 16.7. The van der Waals surface area contributed by atoms with Crippen LogP contribution in [-0.4, -0.2) is 42.2 Å². The third kappa shape index (κ3) is 6.29. The summed E-state index contributed by atoms with van der Waals surface area (Å²) in [4.78, 5) is 53.5. The van der Waals surface area contributed by atoms with Gasteiger partial charge in [-0.25, -0.2) is 14.6 Å². The summed E-state index contributed by atoms with van der Waals surface area (Å²) in [5, 5.41) is 14.0. The van der Waals surface area contributed by atoms with E-state index in [1.54, 1.807) is 13.8 Å². The van der Waals surface area contributed by atoms with Crippen LogP contribution >= 0.6 is 34.3 Å². The van der Waals surface area contributed by atoms with Crippen LogP contribution in [-0.2, 0) is 9.47 Å². The van der Waals surface area contributed by atoms with E-state index in [-0.39, 0.29) is 44.9 Å². The van der Waals surface area contributed by atoms with Crippen LogP contribution in [0.2, 0.25) is 5.02 Å². The standard InChI is InChI=1S/C22H18ClN3O7S2/c1-3-32-21(28)16-17(22(29)33-4-2)20(25-18(27)12-5-7-13(23)8-6-12)35-19(16)24-11-14-9-10-15(34-14)26(30)31/h5-11H,3-4H2,1-2H3,(H,25,27). The van der Waals surface area contributed by atoms with Crippen LogP contribution in [0.25, 0.3) is 0 Å². The number of carbonyl (C=O) groups excluding carboxylic acids is 3. The third-order valence-electron chi connectivity index (χ3n) is 4.28. The molecule has 2 heterocycles. The van der Waals surface area contributed by atoms with Gasteiger partial charge in [-0.2, -0.15) is 0 Å². The highest BCUT2D eigenvalue weighted by molar-refractivity contribution is 7.21. The first-order valence-corrected chi connectivity index (χ1v) is 12.1. The maximum absolute atomic E-state index is 12.8. The minimum Gasteiger partial charge on any atom is -0.462 e. The lowest BCUT2D eigenvalue weighted by Crippen LogP contribution is -2.17. The van der Waals surface area contributed by atoms with E-state index in [0.29, 0.717) is 9.90 Å². The molecule has 1 aromatic carbocycles. The number of benzene rings is 1. The summed E-state index contributed by atoms with van der Waals surface area (Å²) in [5.74, 6) is -2.22. The maximum atomic E-state index is 12.8. The van der Waals surface area contributed by atoms with Crippen LogP contribution in [0.1, 0.15) is 49.8 Å². The predicted octanol–water partition coefficient (Wildman–Crippen LogP) is 5.73. The van der Waals surface area contributed by atoms with Gasteiger partial charge in [-0.1, -0.05) is 34.3 Å². The number of hydrogen-bond donors (Lipinski definition) is 1. The number of ether oxygens (including phenoxy) is 2. The van der Waals surface area contributed by atoms with Crippen LogP contribution in [0, 0.1) is 10.1 Å². The fraction of sp³-hybridized carbons (Fsp3) is 0.182. The monoisotopic (exact) mass is 535 g/mol. The van der Waals surface area contributed by atoms with Crippen molar-refractivity contribution in [2.75, 3.05) is 18.5 Å². The molecule has 0 aliphatic carbocycles. The molecule has 1 amide bonds. The summed E-state index contributed by atoms with van der Waals surface area (Å²) < 4.78 is 10.2. The molecule has 1 N–H and O–H groups in total. The smallest absolute Gasteiger partial charge is 0.342 e. The minimum absolute atomic E-state index is 0.0268. The lowest BCUT2D eigenvalue weighted by atomic mass is 10.1. The Bertz CT molecular complexity index is 1300. The number of nitro groups is 1. The Morgan fingerprint density at radius 3 is 2.23 bits per heavy atom. The van der Waals surface area contributed by atoms with Crippen molar-refractivity contribution in [3.05, 3.63) is 73.1 Å². The number of amides is 1. The lowest BCUT2D eigenvalue weighted by Gasteiger charge is -2.08. The molecule has 3 aromatic rings. The number of nitrogens with one attached hydrogen (secondary N) is 1. The highest BCUT2D eigenvalue weighted by Crippen LogP contribution is 2.41. The second-order valence-corrected chi connectivity index (χ2v) is 9.11. The molecule has 0 saturated carbocycles. The number of rotatable bonds is 9. The second-order valence-electron chi connectivity index (χ2n) is 6.58. The minimum atomic E-state index is -0.841. The lowest BCUT2D eigenvalue weighted by molar-refractivity contribution is -0.380. The fourth-order valence-electron chi connectivity index (χ4n) is 2.80. The summed E-state index contributed by atoms with van der Waals surface area (Å²) in [6.45, 7) is 3.26. The number of thiophene rings is 2. The molecular formula is C22H18ClN3O7S2. The zero-order chi connectivity index (χ0) is 25.5. The van der Waals surface area contributed by atoms with Crippen molar-refractivity contribution in [1.82, 2.24) is 0 Å². The summed E-state index contributed by atoms with van der Waals surface area (Å²) in [5.41, 5.74) is -0.0998. The van der Waals surface area contributed by atoms with Crippen molar-refractivity contribution < 1.29 is 28.8 Å². The number of halogens is 1. The molecule has 0 radical (unpaired) electrons. The van der Waals surface area contributed by atoms with Gasteiger partial charge < -0.3 is 14.8 Å². The number of hydrogen-bond acceptors (Lipinski definition) is 10. The van der Waals surface area contributed by atoms with Crippen molar-refractivity contribution >= 4 is 73.3 Å². The molecular weight excluding hydrogens is 518 g/mol. The molecule has 35 heavy (non-hydrogen) atoms. The quantitative estimate of drug-likeness (QED) is 0.160. The zero-order valence-electron chi connectivity index (χ0n) is 18.4. The average molecular weight is 536 g/mol. The SMILES string of the molecule is CCOC(=O)c1c(N=Cc2ccc([N+](=O)[O-])s2)sc(NC(=O)c2ccc(Cl)cc2)c1C(=O)OCC. The predicted molar refractivity (Wildman–Crippen MR) is 134 cm³/mol. The third-order valence-corrected chi connectivity index (χ3v) is 6.52. The Balaban J connectivity index is 2.08. The number of anilines is 1. The Hall–Kier alpha value is -3.61. The maximum Gasteiger partial charge on any atom is 0.342 e. The highest BCUT2D eigenvalue weighted by Gasteiger charge is 2.31. The number of nitrogens with zero attached hydrogens (tertiary/aromatic N) is 2. The van der Waals surface area contributed by atoms with E-state index in [0.717, 1.165) is 22.7 Å². The second kappa shape index (κ2) is 11.7. The van der Waals surface area contributed by atoms with E-state index in [1.807, 2.05) is 0 Å². The van der Waals surface area contributed by atoms with E-state index in [2.05, 4.69) is 10.3 Å². The van der Waals surface area contributed by atoms with E-state index >= 15 is 0 Å². The van der Waals surface area contributed by atoms with Crippen LogP contribution in [0.4, 0.5) is 15.0 Å². The molecule has 3 rings (SSSR count). The highest BCUT2D eigenvalue weighted by atomic mass is 35.5. The molecule has 0 aliphatic heterocycles. The molecule has 0 saturated heterocycles. The van der Waals surface area contributed by atoms with Crippen LogP contribution < -0.4 is 5.32 Å². The molecule has 0 unspecified atom stereocenters. The van der Waals surface area contributed by atoms with Gasteiger partial charge in [0.05, 0.1) is 23.0 Å². The Morgan fingerprint density at radius 2 is 1.66 bits per heavy atom.